The van der Waals surface area contributed by atoms with Gasteiger partial charge in [0.25, 0.3) is 0 Å². The Labute approximate surface area is 122 Å². The summed E-state index contributed by atoms with van der Waals surface area (Å²) in [5, 5.41) is 3.15. The van der Waals surface area contributed by atoms with Crippen LogP contribution in [0.5, 0.6) is 0 Å². The molecule has 1 unspecified atom stereocenters. The predicted octanol–water partition coefficient (Wildman–Crippen LogP) is 1.48. The van der Waals surface area contributed by atoms with E-state index in [2.05, 4.69) is 17.2 Å². The van der Waals surface area contributed by atoms with Crippen LogP contribution in [-0.2, 0) is 4.79 Å². The van der Waals surface area contributed by atoms with Crippen molar-refractivity contribution in [1.82, 2.24) is 10.2 Å². The third-order valence-electron chi connectivity index (χ3n) is 4.08. The summed E-state index contributed by atoms with van der Waals surface area (Å²) in [5.74, 6) is 1.18. The second-order valence-corrected chi connectivity index (χ2v) is 6.06. The van der Waals surface area contributed by atoms with Gasteiger partial charge in [0.1, 0.15) is 0 Å². The SMILES string of the molecule is CCCCCCNC(N)=NCC1CC(=O)N(C2CC2)C1. The molecule has 3 N–H and O–H groups in total. The van der Waals surface area contributed by atoms with Crippen molar-refractivity contribution in [2.24, 2.45) is 16.6 Å². The van der Waals surface area contributed by atoms with Gasteiger partial charge in [-0.25, -0.2) is 0 Å². The van der Waals surface area contributed by atoms with Crippen LogP contribution in [0.25, 0.3) is 0 Å². The predicted molar refractivity (Wildman–Crippen MR) is 81.5 cm³/mol. The molecular weight excluding hydrogens is 252 g/mol. The minimum Gasteiger partial charge on any atom is -0.370 e. The Morgan fingerprint density at radius 3 is 2.90 bits per heavy atom. The van der Waals surface area contributed by atoms with E-state index in [0.717, 1.165) is 19.5 Å². The number of carbonyl (C=O) groups excluding carboxylic acids is 1. The number of aliphatic imine (C=N–C) groups is 1. The van der Waals surface area contributed by atoms with Crippen molar-refractivity contribution >= 4 is 11.9 Å². The van der Waals surface area contributed by atoms with E-state index >= 15 is 0 Å². The third-order valence-corrected chi connectivity index (χ3v) is 4.08. The quantitative estimate of drug-likeness (QED) is 0.402. The van der Waals surface area contributed by atoms with E-state index in [1.54, 1.807) is 0 Å². The molecule has 1 aliphatic carbocycles. The Balaban J connectivity index is 1.61. The Kier molecular flexibility index (Phi) is 5.68. The molecule has 1 saturated heterocycles. The number of likely N-dealkylation sites (tertiary alicyclic amines) is 1. The summed E-state index contributed by atoms with van der Waals surface area (Å²) >= 11 is 0. The zero-order valence-electron chi connectivity index (χ0n) is 12.6. The molecular formula is C15H28N4O. The summed E-state index contributed by atoms with van der Waals surface area (Å²) in [4.78, 5) is 18.2. The van der Waals surface area contributed by atoms with Gasteiger partial charge in [0.2, 0.25) is 5.91 Å². The normalized spacial score (nSPS) is 23.4. The lowest BCUT2D eigenvalue weighted by molar-refractivity contribution is -0.128. The first-order chi connectivity index (χ1) is 9.70. The second kappa shape index (κ2) is 7.50. The molecule has 2 fully saturated rings. The van der Waals surface area contributed by atoms with E-state index in [0.29, 0.717) is 36.8 Å². The largest absolute Gasteiger partial charge is 0.370 e. The summed E-state index contributed by atoms with van der Waals surface area (Å²) in [6, 6.07) is 0.533. The molecule has 2 aliphatic rings. The Morgan fingerprint density at radius 1 is 1.40 bits per heavy atom. The smallest absolute Gasteiger partial charge is 0.223 e. The molecule has 0 aromatic rings. The molecule has 20 heavy (non-hydrogen) atoms. The molecule has 2 rings (SSSR count). The number of unbranched alkanes of at least 4 members (excludes halogenated alkanes) is 3. The van der Waals surface area contributed by atoms with E-state index < -0.39 is 0 Å². The number of nitrogens with two attached hydrogens (primary N) is 1. The Morgan fingerprint density at radius 2 is 2.20 bits per heavy atom. The molecule has 1 saturated carbocycles. The number of rotatable bonds is 8. The number of guanidine groups is 1. The van der Waals surface area contributed by atoms with Crippen LogP contribution < -0.4 is 11.1 Å². The first kappa shape index (κ1) is 15.1. The summed E-state index contributed by atoms with van der Waals surface area (Å²) in [6.07, 6.45) is 7.92. The number of nitrogens with one attached hydrogen (secondary N) is 1. The fourth-order valence-corrected chi connectivity index (χ4v) is 2.72. The van der Waals surface area contributed by atoms with Crippen LogP contribution >= 0.6 is 0 Å². The highest BCUT2D eigenvalue weighted by Gasteiger charge is 2.38. The fraction of sp³-hybridized carbons (Fsp3) is 0.867. The van der Waals surface area contributed by atoms with Gasteiger partial charge in [0, 0.05) is 38.0 Å². The van der Waals surface area contributed by atoms with Crippen LogP contribution in [0.3, 0.4) is 0 Å². The average Bonchev–Trinajstić information content (AvgIpc) is 3.20. The fourth-order valence-electron chi connectivity index (χ4n) is 2.72. The summed E-state index contributed by atoms with van der Waals surface area (Å²) in [5.41, 5.74) is 5.85. The van der Waals surface area contributed by atoms with Gasteiger partial charge in [0.15, 0.2) is 5.96 Å². The lowest BCUT2D eigenvalue weighted by Gasteiger charge is -2.14. The van der Waals surface area contributed by atoms with Crippen molar-refractivity contribution in [3.05, 3.63) is 0 Å². The topological polar surface area (TPSA) is 70.7 Å². The van der Waals surface area contributed by atoms with Gasteiger partial charge in [-0.1, -0.05) is 26.2 Å². The second-order valence-electron chi connectivity index (χ2n) is 6.06. The lowest BCUT2D eigenvalue weighted by Crippen LogP contribution is -2.33. The highest BCUT2D eigenvalue weighted by atomic mass is 16.2. The van der Waals surface area contributed by atoms with Gasteiger partial charge in [-0.3, -0.25) is 9.79 Å². The van der Waals surface area contributed by atoms with Gasteiger partial charge >= 0.3 is 0 Å². The monoisotopic (exact) mass is 280 g/mol. The van der Waals surface area contributed by atoms with Crippen LogP contribution in [0.15, 0.2) is 4.99 Å². The van der Waals surface area contributed by atoms with E-state index in [-0.39, 0.29) is 0 Å². The Bertz CT molecular complexity index is 352. The zero-order chi connectivity index (χ0) is 14.4. The molecule has 0 bridgehead atoms. The molecule has 114 valence electrons. The zero-order valence-corrected chi connectivity index (χ0v) is 12.6. The molecule has 5 nitrogen and oxygen atoms in total. The van der Waals surface area contributed by atoms with Crippen molar-refractivity contribution in [2.45, 2.75) is 57.9 Å². The molecule has 1 aliphatic heterocycles. The molecule has 1 atom stereocenters. The highest BCUT2D eigenvalue weighted by Crippen LogP contribution is 2.32. The number of nitrogens with zero attached hydrogens (tertiary/aromatic N) is 2. The first-order valence-corrected chi connectivity index (χ1v) is 8.04. The van der Waals surface area contributed by atoms with E-state index in [4.69, 9.17) is 5.73 Å². The van der Waals surface area contributed by atoms with Crippen LogP contribution in [0.4, 0.5) is 0 Å². The molecule has 1 amide bonds. The van der Waals surface area contributed by atoms with E-state index in [1.807, 2.05) is 4.90 Å². The molecule has 0 radical (unpaired) electrons. The van der Waals surface area contributed by atoms with Crippen molar-refractivity contribution in [3.8, 4) is 0 Å². The number of carbonyl (C=O) groups is 1. The lowest BCUT2D eigenvalue weighted by atomic mass is 10.1. The maximum Gasteiger partial charge on any atom is 0.223 e. The van der Waals surface area contributed by atoms with E-state index in [9.17, 15) is 4.79 Å². The van der Waals surface area contributed by atoms with Gasteiger partial charge in [0.05, 0.1) is 0 Å². The van der Waals surface area contributed by atoms with E-state index in [1.165, 1.54) is 32.1 Å². The van der Waals surface area contributed by atoms with Crippen molar-refractivity contribution < 1.29 is 4.79 Å². The van der Waals surface area contributed by atoms with Crippen LogP contribution in [0.1, 0.15) is 51.9 Å². The molecule has 0 aromatic heterocycles. The standard InChI is InChI=1S/C15H28N4O/c1-2-3-4-5-8-17-15(16)18-10-12-9-14(20)19(11-12)13-6-7-13/h12-13H,2-11H2,1H3,(H3,16,17,18). The van der Waals surface area contributed by atoms with Crippen molar-refractivity contribution in [2.75, 3.05) is 19.6 Å². The van der Waals surface area contributed by atoms with Gasteiger partial charge in [-0.15, -0.1) is 0 Å². The average molecular weight is 280 g/mol. The number of hydrogen-bond acceptors (Lipinski definition) is 2. The number of hydrogen-bond donors (Lipinski definition) is 2. The third kappa shape index (κ3) is 4.69. The van der Waals surface area contributed by atoms with Crippen molar-refractivity contribution in [1.29, 1.82) is 0 Å². The maximum atomic E-state index is 11.8. The summed E-state index contributed by atoms with van der Waals surface area (Å²) in [6.45, 7) is 4.64. The Hall–Kier alpha value is -1.26. The van der Waals surface area contributed by atoms with Gasteiger partial charge in [-0.05, 0) is 19.3 Å². The van der Waals surface area contributed by atoms with Gasteiger partial charge < -0.3 is 16.0 Å². The first-order valence-electron chi connectivity index (χ1n) is 8.04. The van der Waals surface area contributed by atoms with Crippen molar-refractivity contribution in [3.63, 3.8) is 0 Å². The van der Waals surface area contributed by atoms with Crippen LogP contribution in [0.2, 0.25) is 0 Å². The van der Waals surface area contributed by atoms with Crippen LogP contribution in [-0.4, -0.2) is 42.4 Å². The summed E-state index contributed by atoms with van der Waals surface area (Å²) < 4.78 is 0. The molecule has 0 spiro atoms. The molecule has 5 heteroatoms. The molecule has 0 aromatic carbocycles. The number of amides is 1. The highest BCUT2D eigenvalue weighted by molar-refractivity contribution is 5.80. The van der Waals surface area contributed by atoms with Crippen LogP contribution in [0, 0.1) is 5.92 Å². The minimum absolute atomic E-state index is 0.304. The van der Waals surface area contributed by atoms with Gasteiger partial charge in [-0.2, -0.15) is 0 Å². The minimum atomic E-state index is 0.304. The molecule has 1 heterocycles. The maximum absolute atomic E-state index is 11.8. The summed E-state index contributed by atoms with van der Waals surface area (Å²) in [7, 11) is 0.